The molecular weight excluding hydrogens is 325 g/mol. The molecule has 17 heavy (non-hydrogen) atoms. The van der Waals surface area contributed by atoms with Crippen molar-refractivity contribution in [1.29, 1.82) is 0 Å². The van der Waals surface area contributed by atoms with Gasteiger partial charge in [0.2, 0.25) is 0 Å². The molecule has 0 aromatic carbocycles. The number of aliphatic hydroxyl groups excluding tert-OH is 2. The third-order valence-corrected chi connectivity index (χ3v) is 0.949. The largest absolute Gasteiger partial charge is 4.00 e. The number of carboxylic acid groups (broad SMARTS) is 4. The second kappa shape index (κ2) is 9.74. The number of hydrogen-bond acceptors (Lipinski definition) is 10. The number of carbonyl (C=O) groups is 4. The minimum Gasteiger partial charge on any atom is -0.547 e. The number of aliphatic hydroxyl groups is 2. The zero-order valence-electron chi connectivity index (χ0n) is 7.76. The Morgan fingerprint density at radius 3 is 0.941 bits per heavy atom. The Labute approximate surface area is 109 Å². The number of hydrogen-bond donors (Lipinski definition) is 2. The average Bonchev–Trinajstić information content (AvgIpc) is 2.15. The van der Waals surface area contributed by atoms with Crippen LogP contribution in [0.3, 0.4) is 0 Å². The van der Waals surface area contributed by atoms with E-state index in [-0.39, 0.29) is 22.4 Å². The Kier molecular flexibility index (Phi) is 12.0. The zero-order valence-corrected chi connectivity index (χ0v) is 9.96. The predicted molar refractivity (Wildman–Crippen MR) is 32.0 cm³/mol. The first kappa shape index (κ1) is 20.9. The predicted octanol–water partition coefficient (Wildman–Crippen LogP) is -8.31. The van der Waals surface area contributed by atoms with Gasteiger partial charge >= 0.3 is 22.4 Å². The Hall–Kier alpha value is -1.46. The van der Waals surface area contributed by atoms with Gasteiger partial charge in [-0.15, -0.1) is 0 Å². The van der Waals surface area contributed by atoms with E-state index in [1.807, 2.05) is 0 Å². The van der Waals surface area contributed by atoms with Crippen molar-refractivity contribution in [1.82, 2.24) is 0 Å². The van der Waals surface area contributed by atoms with Crippen molar-refractivity contribution in [2.75, 3.05) is 0 Å². The molecule has 0 aromatic heterocycles. The fraction of sp³-hybridized carbons (Fsp3) is 0.333. The first-order valence-electron chi connectivity index (χ1n) is 3.31. The Morgan fingerprint density at radius 2 is 0.882 bits per heavy atom. The van der Waals surface area contributed by atoms with E-state index in [1.54, 1.807) is 0 Å². The summed E-state index contributed by atoms with van der Waals surface area (Å²) in [5.41, 5.74) is 0. The van der Waals surface area contributed by atoms with Gasteiger partial charge < -0.3 is 49.8 Å². The molecule has 0 aliphatic carbocycles. The summed E-state index contributed by atoms with van der Waals surface area (Å²) in [6, 6.07) is 0. The van der Waals surface area contributed by atoms with Crippen LogP contribution in [0.4, 0.5) is 0 Å². The maximum atomic E-state index is 9.63. The van der Waals surface area contributed by atoms with Crippen LogP contribution >= 0.6 is 0 Å². The molecule has 0 aliphatic rings. The number of carbonyl (C=O) groups excluding carboxylic acids is 4. The van der Waals surface area contributed by atoms with Gasteiger partial charge in [-0.2, -0.15) is 0 Å². The summed E-state index contributed by atoms with van der Waals surface area (Å²) in [7, 11) is 0. The van der Waals surface area contributed by atoms with E-state index in [9.17, 15) is 19.8 Å². The Bertz CT molecular complexity index is 269. The van der Waals surface area contributed by atoms with E-state index in [1.165, 1.54) is 0 Å². The molecule has 0 bridgehead atoms. The maximum Gasteiger partial charge on any atom is 4.00 e. The third kappa shape index (κ3) is 10.8. The summed E-state index contributed by atoms with van der Waals surface area (Å²) < 4.78 is 0. The molecule has 0 aromatic rings. The topological polar surface area (TPSA) is 201 Å². The fourth-order valence-corrected chi connectivity index (χ4v) is 0.258. The molecule has 2 atom stereocenters. The fourth-order valence-electron chi connectivity index (χ4n) is 0.258. The molecule has 0 amide bonds. The van der Waals surface area contributed by atoms with Crippen LogP contribution in [-0.2, 0) is 41.6 Å². The van der Waals surface area contributed by atoms with Gasteiger partial charge in [-0.3, -0.25) is 0 Å². The van der Waals surface area contributed by atoms with Crippen molar-refractivity contribution in [2.45, 2.75) is 12.2 Å². The third-order valence-electron chi connectivity index (χ3n) is 0.949. The molecule has 0 rings (SSSR count). The number of rotatable bonds is 3. The normalized spacial score (nSPS) is 11.9. The molecule has 0 aliphatic heterocycles. The monoisotopic (exact) mass is 329 g/mol. The van der Waals surface area contributed by atoms with Crippen LogP contribution in [0.5, 0.6) is 0 Å². The van der Waals surface area contributed by atoms with Gasteiger partial charge in [0.1, 0.15) is 12.2 Å². The Balaban J connectivity index is -0.000000244. The molecule has 0 saturated carbocycles. The SMILES string of the molecule is O=C([O-])C(=O)[O-].O=C([O-])C(O)C(O)C(=O)[O-].[Nb+4]. The summed E-state index contributed by atoms with van der Waals surface area (Å²) in [5.74, 6) is -8.49. The van der Waals surface area contributed by atoms with Crippen molar-refractivity contribution in [3.63, 3.8) is 0 Å². The van der Waals surface area contributed by atoms with Crippen molar-refractivity contribution in [2.24, 2.45) is 0 Å². The molecular formula is C6H4NbO10. The van der Waals surface area contributed by atoms with Crippen LogP contribution in [0.25, 0.3) is 0 Å². The summed E-state index contributed by atoms with van der Waals surface area (Å²) >= 11 is 0. The first-order chi connectivity index (χ1) is 7.11. The van der Waals surface area contributed by atoms with Gasteiger partial charge in [-0.1, -0.05) is 0 Å². The van der Waals surface area contributed by atoms with Crippen LogP contribution in [0.1, 0.15) is 0 Å². The van der Waals surface area contributed by atoms with Crippen LogP contribution in [0, 0.1) is 0 Å². The summed E-state index contributed by atoms with van der Waals surface area (Å²) in [6.45, 7) is 0. The second-order valence-electron chi connectivity index (χ2n) is 2.10. The summed E-state index contributed by atoms with van der Waals surface area (Å²) in [4.78, 5) is 37.1. The van der Waals surface area contributed by atoms with E-state index in [0.717, 1.165) is 0 Å². The van der Waals surface area contributed by atoms with Gasteiger partial charge in [0.15, 0.2) is 0 Å². The number of aliphatic carboxylic acids is 4. The average molecular weight is 329 g/mol. The minimum atomic E-state index is -2.44. The number of carboxylic acids is 4. The smallest absolute Gasteiger partial charge is 0.547 e. The molecule has 10 nitrogen and oxygen atoms in total. The quantitative estimate of drug-likeness (QED) is 0.370. The van der Waals surface area contributed by atoms with Crippen LogP contribution < -0.4 is 20.4 Å². The molecule has 0 saturated heterocycles. The summed E-state index contributed by atoms with van der Waals surface area (Å²) in [6.07, 6.45) is -4.88. The molecule has 93 valence electrons. The van der Waals surface area contributed by atoms with Gasteiger partial charge in [-0.05, 0) is 0 Å². The first-order valence-corrected chi connectivity index (χ1v) is 3.31. The van der Waals surface area contributed by atoms with Crippen molar-refractivity contribution < 1.29 is 72.2 Å². The van der Waals surface area contributed by atoms with Gasteiger partial charge in [0.05, 0.1) is 23.9 Å². The minimum absolute atomic E-state index is 0. The standard InChI is InChI=1S/C4H6O6.C2H2O4.Nb/c5-1(3(7)8)2(6)4(9)10;3-1(4)2(5)6;/h1-2,5-6H,(H,7,8)(H,9,10);(H,3,4)(H,5,6);/q;;+4/p-4. The molecule has 11 heteroatoms. The van der Waals surface area contributed by atoms with Gasteiger partial charge in [0, 0.05) is 0 Å². The van der Waals surface area contributed by atoms with Crippen molar-refractivity contribution in [3.8, 4) is 0 Å². The van der Waals surface area contributed by atoms with Gasteiger partial charge in [0.25, 0.3) is 0 Å². The molecule has 2 unspecified atom stereocenters. The molecule has 0 fully saturated rings. The van der Waals surface area contributed by atoms with Crippen LogP contribution in [0.15, 0.2) is 0 Å². The van der Waals surface area contributed by atoms with Gasteiger partial charge in [-0.25, -0.2) is 0 Å². The van der Waals surface area contributed by atoms with E-state index >= 15 is 0 Å². The molecule has 0 heterocycles. The Morgan fingerprint density at radius 1 is 0.706 bits per heavy atom. The van der Waals surface area contributed by atoms with Crippen LogP contribution in [-0.4, -0.2) is 46.3 Å². The second-order valence-corrected chi connectivity index (χ2v) is 2.10. The molecule has 0 spiro atoms. The van der Waals surface area contributed by atoms with E-state index in [4.69, 9.17) is 30.0 Å². The van der Waals surface area contributed by atoms with Crippen molar-refractivity contribution >= 4 is 23.9 Å². The molecule has 1 radical (unpaired) electrons. The molecule has 2 N–H and O–H groups in total. The van der Waals surface area contributed by atoms with Crippen molar-refractivity contribution in [3.05, 3.63) is 0 Å². The maximum absolute atomic E-state index is 9.63. The van der Waals surface area contributed by atoms with E-state index in [2.05, 4.69) is 0 Å². The zero-order chi connectivity index (χ0) is 13.5. The van der Waals surface area contributed by atoms with E-state index in [0.29, 0.717) is 0 Å². The van der Waals surface area contributed by atoms with E-state index < -0.39 is 36.1 Å². The summed E-state index contributed by atoms with van der Waals surface area (Å²) in [5, 5.41) is 53.6. The van der Waals surface area contributed by atoms with Crippen LogP contribution in [0.2, 0.25) is 0 Å².